The van der Waals surface area contributed by atoms with Gasteiger partial charge in [0, 0.05) is 23.8 Å². The number of hydrogen-bond acceptors (Lipinski definition) is 6. The Labute approximate surface area is 200 Å². The largest absolute Gasteiger partial charge is 0.311 e. The average Bonchev–Trinajstić information content (AvgIpc) is 3.41. The van der Waals surface area contributed by atoms with Crippen molar-refractivity contribution in [3.8, 4) is 0 Å². The van der Waals surface area contributed by atoms with Gasteiger partial charge in [0.2, 0.25) is 5.91 Å². The molecule has 1 atom stereocenters. The van der Waals surface area contributed by atoms with Crippen LogP contribution in [-0.2, 0) is 21.2 Å². The van der Waals surface area contributed by atoms with E-state index in [1.54, 1.807) is 28.5 Å². The number of carbonyl (C=O) groups excluding carboxylic acids is 1. The number of hydrogen-bond donors (Lipinski definition) is 2. The molecule has 1 aliphatic heterocycles. The summed E-state index contributed by atoms with van der Waals surface area (Å²) >= 11 is 13.5. The molecule has 168 valence electrons. The van der Waals surface area contributed by atoms with Gasteiger partial charge >= 0.3 is 0 Å². The van der Waals surface area contributed by atoms with Crippen molar-refractivity contribution in [1.29, 1.82) is 0 Å². The van der Waals surface area contributed by atoms with Crippen molar-refractivity contribution in [2.45, 2.75) is 23.8 Å². The first kappa shape index (κ1) is 23.0. The number of thiazole rings is 1. The molecule has 0 spiro atoms. The second-order valence-electron chi connectivity index (χ2n) is 7.18. The first-order chi connectivity index (χ1) is 15.3. The Morgan fingerprint density at radius 2 is 1.94 bits per heavy atom. The Balaban J connectivity index is 1.35. The normalized spacial score (nSPS) is 16.5. The number of halogens is 2. The van der Waals surface area contributed by atoms with E-state index >= 15 is 0 Å². The maximum Gasteiger partial charge on any atom is 0.263 e. The van der Waals surface area contributed by atoms with Crippen LogP contribution in [0.4, 0.5) is 10.8 Å². The molecule has 1 aliphatic rings. The van der Waals surface area contributed by atoms with E-state index in [1.165, 1.54) is 29.7 Å². The zero-order valence-electron chi connectivity index (χ0n) is 16.8. The van der Waals surface area contributed by atoms with E-state index in [-0.39, 0.29) is 16.8 Å². The van der Waals surface area contributed by atoms with Gasteiger partial charge in [0.1, 0.15) is 0 Å². The maximum atomic E-state index is 12.8. The molecule has 2 aromatic carbocycles. The zero-order valence-corrected chi connectivity index (χ0v) is 19.9. The summed E-state index contributed by atoms with van der Waals surface area (Å²) in [5.74, 6) is -0.0429. The molecule has 4 rings (SSSR count). The highest BCUT2D eigenvalue weighted by molar-refractivity contribution is 7.93. The number of benzene rings is 2. The van der Waals surface area contributed by atoms with Gasteiger partial charge in [0.25, 0.3) is 10.0 Å². The van der Waals surface area contributed by atoms with Crippen LogP contribution in [0.2, 0.25) is 10.0 Å². The minimum Gasteiger partial charge on any atom is -0.311 e. The predicted octanol–water partition coefficient (Wildman–Crippen LogP) is 4.19. The van der Waals surface area contributed by atoms with Crippen LogP contribution in [0.5, 0.6) is 0 Å². The average molecular weight is 511 g/mol. The van der Waals surface area contributed by atoms with Gasteiger partial charge in [-0.25, -0.2) is 13.4 Å². The van der Waals surface area contributed by atoms with Gasteiger partial charge < -0.3 is 10.2 Å². The number of sulfonamides is 1. The fraction of sp³-hybridized carbons (Fsp3) is 0.238. The molecule has 1 amide bonds. The lowest BCUT2D eigenvalue weighted by molar-refractivity contribution is -0.118. The van der Waals surface area contributed by atoms with E-state index in [9.17, 15) is 13.2 Å². The summed E-state index contributed by atoms with van der Waals surface area (Å²) in [4.78, 5) is 18.5. The number of anilines is 2. The number of nitrogens with one attached hydrogen (secondary N) is 2. The Morgan fingerprint density at radius 1 is 1.16 bits per heavy atom. The molecule has 2 N–H and O–H groups in total. The highest BCUT2D eigenvalue weighted by Crippen LogP contribution is 2.27. The number of amides is 1. The lowest BCUT2D eigenvalue weighted by atomic mass is 10.1. The molecule has 1 fully saturated rings. The fourth-order valence-electron chi connectivity index (χ4n) is 3.50. The third kappa shape index (κ3) is 5.07. The van der Waals surface area contributed by atoms with E-state index in [4.69, 9.17) is 23.2 Å². The van der Waals surface area contributed by atoms with Gasteiger partial charge in [-0.1, -0.05) is 35.3 Å². The van der Waals surface area contributed by atoms with Gasteiger partial charge in [-0.2, -0.15) is 0 Å². The second kappa shape index (κ2) is 9.76. The molecule has 0 aliphatic carbocycles. The zero-order chi connectivity index (χ0) is 22.7. The second-order valence-corrected chi connectivity index (χ2v) is 10.5. The van der Waals surface area contributed by atoms with E-state index in [0.29, 0.717) is 46.8 Å². The summed E-state index contributed by atoms with van der Waals surface area (Å²) in [5, 5.41) is 6.32. The minimum atomic E-state index is -3.73. The molecule has 11 heteroatoms. The number of aromatic nitrogens is 1. The summed E-state index contributed by atoms with van der Waals surface area (Å²) in [7, 11) is -3.73. The van der Waals surface area contributed by atoms with Crippen LogP contribution in [0.15, 0.2) is 58.9 Å². The number of rotatable bonds is 8. The first-order valence-corrected chi connectivity index (χ1v) is 13.0. The fourth-order valence-corrected chi connectivity index (χ4v) is 5.70. The highest BCUT2D eigenvalue weighted by Gasteiger charge is 2.32. The van der Waals surface area contributed by atoms with Crippen LogP contribution >= 0.6 is 34.5 Å². The third-order valence-corrected chi connectivity index (χ3v) is 8.17. The SMILES string of the molecule is O=C1[C@@H](NCCc2cccc(Cl)c2Cl)CCN1c1ccc(S(=O)(=O)Nc2nccs2)cc1. The maximum absolute atomic E-state index is 12.8. The topological polar surface area (TPSA) is 91.4 Å². The van der Waals surface area contributed by atoms with Gasteiger partial charge in [-0.05, 0) is 55.3 Å². The van der Waals surface area contributed by atoms with Crippen molar-refractivity contribution in [3.05, 3.63) is 69.7 Å². The quantitative estimate of drug-likeness (QED) is 0.474. The number of carbonyl (C=O) groups is 1. The summed E-state index contributed by atoms with van der Waals surface area (Å²) in [6, 6.07) is 11.5. The van der Waals surface area contributed by atoms with Crippen LogP contribution in [0, 0.1) is 0 Å². The van der Waals surface area contributed by atoms with Crippen molar-refractivity contribution >= 4 is 61.3 Å². The molecule has 2 heterocycles. The van der Waals surface area contributed by atoms with Gasteiger partial charge in [-0.15, -0.1) is 11.3 Å². The standard InChI is InChI=1S/C21H20Cl2N4O3S2/c22-17-3-1-2-14(19(17)23)8-10-24-18-9-12-27(20(18)28)15-4-6-16(7-5-15)32(29,30)26-21-25-11-13-31-21/h1-7,11,13,18,24H,8-10,12H2,(H,25,26)/t18-/m0/s1. The summed E-state index contributed by atoms with van der Waals surface area (Å²) in [6.07, 6.45) is 2.84. The van der Waals surface area contributed by atoms with Crippen LogP contribution < -0.4 is 14.9 Å². The summed E-state index contributed by atoms with van der Waals surface area (Å²) < 4.78 is 27.4. The molecule has 1 aromatic heterocycles. The monoisotopic (exact) mass is 510 g/mol. The Morgan fingerprint density at radius 3 is 2.66 bits per heavy atom. The molecule has 7 nitrogen and oxygen atoms in total. The molecule has 0 bridgehead atoms. The van der Waals surface area contributed by atoms with Gasteiger partial charge in [-0.3, -0.25) is 9.52 Å². The van der Waals surface area contributed by atoms with Crippen molar-refractivity contribution in [2.75, 3.05) is 22.7 Å². The highest BCUT2D eigenvalue weighted by atomic mass is 35.5. The summed E-state index contributed by atoms with van der Waals surface area (Å²) in [5.41, 5.74) is 1.59. The van der Waals surface area contributed by atoms with Crippen LogP contribution in [-0.4, -0.2) is 38.4 Å². The van der Waals surface area contributed by atoms with Crippen molar-refractivity contribution < 1.29 is 13.2 Å². The van der Waals surface area contributed by atoms with Crippen LogP contribution in [0.25, 0.3) is 0 Å². The van der Waals surface area contributed by atoms with Crippen LogP contribution in [0.3, 0.4) is 0 Å². The molecule has 0 radical (unpaired) electrons. The molecule has 0 saturated carbocycles. The molecular formula is C21H20Cl2N4O3S2. The first-order valence-electron chi connectivity index (χ1n) is 9.85. The van der Waals surface area contributed by atoms with Crippen molar-refractivity contribution in [1.82, 2.24) is 10.3 Å². The van der Waals surface area contributed by atoms with Gasteiger partial charge in [0.15, 0.2) is 5.13 Å². The van der Waals surface area contributed by atoms with Crippen LogP contribution in [0.1, 0.15) is 12.0 Å². The lowest BCUT2D eigenvalue weighted by Crippen LogP contribution is -2.39. The molecule has 0 unspecified atom stereocenters. The van der Waals surface area contributed by atoms with Gasteiger partial charge in [0.05, 0.1) is 21.0 Å². The Kier molecular flexibility index (Phi) is 7.02. The molecule has 1 saturated heterocycles. The Bertz CT molecular complexity index is 1200. The lowest BCUT2D eigenvalue weighted by Gasteiger charge is -2.18. The predicted molar refractivity (Wildman–Crippen MR) is 128 cm³/mol. The molecular weight excluding hydrogens is 491 g/mol. The smallest absolute Gasteiger partial charge is 0.263 e. The van der Waals surface area contributed by atoms with E-state index in [2.05, 4.69) is 15.0 Å². The number of nitrogens with zero attached hydrogens (tertiary/aromatic N) is 2. The molecule has 3 aromatic rings. The van der Waals surface area contributed by atoms with E-state index < -0.39 is 10.0 Å². The molecule has 32 heavy (non-hydrogen) atoms. The Hall–Kier alpha value is -2.17. The van der Waals surface area contributed by atoms with E-state index in [1.807, 2.05) is 12.1 Å². The van der Waals surface area contributed by atoms with Crippen molar-refractivity contribution in [3.63, 3.8) is 0 Å². The minimum absolute atomic E-state index is 0.0429. The van der Waals surface area contributed by atoms with E-state index in [0.717, 1.165) is 5.56 Å². The van der Waals surface area contributed by atoms with Crippen molar-refractivity contribution in [2.24, 2.45) is 0 Å². The summed E-state index contributed by atoms with van der Waals surface area (Å²) in [6.45, 7) is 1.14. The third-order valence-electron chi connectivity index (χ3n) is 5.13.